The Morgan fingerprint density at radius 1 is 0.704 bits per heavy atom. The lowest BCUT2D eigenvalue weighted by atomic mass is 9.65. The van der Waals surface area contributed by atoms with E-state index in [4.69, 9.17) is 0 Å². The van der Waals surface area contributed by atoms with Crippen LogP contribution in [0.15, 0.2) is 12.2 Å². The van der Waals surface area contributed by atoms with Gasteiger partial charge in [0.2, 0.25) is 0 Å². The standard InChI is InChI=1S/C26H45F/c1-2-3-6-21-8-12-23(13-9-21)25-16-18-26(19-17-25)24-14-10-22(11-15-24)7-4-5-20-27/h4,7,21-26H,2-3,5-6,8-20H2,1H3/b7-4+. The summed E-state index contributed by atoms with van der Waals surface area (Å²) < 4.78 is 12.2. The lowest BCUT2D eigenvalue weighted by Crippen LogP contribution is -2.29. The highest BCUT2D eigenvalue weighted by Crippen LogP contribution is 2.46. The van der Waals surface area contributed by atoms with Gasteiger partial charge in [-0.15, -0.1) is 0 Å². The molecule has 3 rings (SSSR count). The third kappa shape index (κ3) is 6.60. The molecule has 0 heterocycles. The van der Waals surface area contributed by atoms with Crippen LogP contribution in [-0.2, 0) is 0 Å². The van der Waals surface area contributed by atoms with Gasteiger partial charge in [0.15, 0.2) is 0 Å². The van der Waals surface area contributed by atoms with Crippen molar-refractivity contribution in [2.75, 3.05) is 6.67 Å². The van der Waals surface area contributed by atoms with Crippen molar-refractivity contribution in [3.05, 3.63) is 12.2 Å². The van der Waals surface area contributed by atoms with E-state index in [-0.39, 0.29) is 6.67 Å². The van der Waals surface area contributed by atoms with Crippen LogP contribution in [-0.4, -0.2) is 6.67 Å². The molecule has 0 atom stereocenters. The van der Waals surface area contributed by atoms with E-state index in [0.717, 1.165) is 35.5 Å². The van der Waals surface area contributed by atoms with Crippen molar-refractivity contribution in [2.45, 2.75) is 110 Å². The molecule has 0 bridgehead atoms. The highest BCUT2D eigenvalue weighted by atomic mass is 19.1. The van der Waals surface area contributed by atoms with Gasteiger partial charge in [0.05, 0.1) is 6.67 Å². The Kier molecular flexibility index (Phi) is 9.20. The zero-order valence-electron chi connectivity index (χ0n) is 18.0. The van der Waals surface area contributed by atoms with E-state index < -0.39 is 0 Å². The van der Waals surface area contributed by atoms with Gasteiger partial charge in [-0.3, -0.25) is 4.39 Å². The highest BCUT2D eigenvalue weighted by Gasteiger charge is 2.34. The number of hydrogen-bond acceptors (Lipinski definition) is 0. The van der Waals surface area contributed by atoms with Gasteiger partial charge >= 0.3 is 0 Å². The third-order valence-corrected chi connectivity index (χ3v) is 8.51. The SMILES string of the molecule is CCCCC1CCC(C2CCC(C3CCC(/C=C/CCF)CC3)CC2)CC1. The number of rotatable bonds is 8. The largest absolute Gasteiger partial charge is 0.251 e. The lowest BCUT2D eigenvalue weighted by Gasteiger charge is -2.41. The fourth-order valence-corrected chi connectivity index (χ4v) is 6.69. The maximum Gasteiger partial charge on any atom is 0.0928 e. The van der Waals surface area contributed by atoms with Gasteiger partial charge in [0.25, 0.3) is 0 Å². The van der Waals surface area contributed by atoms with E-state index in [1.807, 2.05) is 0 Å². The summed E-state index contributed by atoms with van der Waals surface area (Å²) in [5, 5.41) is 0. The molecule has 156 valence electrons. The molecule has 0 amide bonds. The summed E-state index contributed by atoms with van der Waals surface area (Å²) in [5.74, 6) is 5.96. The molecule has 0 unspecified atom stereocenters. The molecule has 0 aliphatic heterocycles. The van der Waals surface area contributed by atoms with Crippen molar-refractivity contribution in [1.29, 1.82) is 0 Å². The smallest absolute Gasteiger partial charge is 0.0928 e. The number of hydrogen-bond donors (Lipinski definition) is 0. The summed E-state index contributed by atoms with van der Waals surface area (Å²) >= 11 is 0. The van der Waals surface area contributed by atoms with Crippen LogP contribution in [0.1, 0.15) is 110 Å². The van der Waals surface area contributed by atoms with Gasteiger partial charge in [0, 0.05) is 0 Å². The number of unbranched alkanes of at least 4 members (excludes halogenated alkanes) is 1. The van der Waals surface area contributed by atoms with Crippen LogP contribution in [0.25, 0.3) is 0 Å². The quantitative estimate of drug-likeness (QED) is 0.372. The van der Waals surface area contributed by atoms with Crippen LogP contribution >= 0.6 is 0 Å². The normalized spacial score (nSPS) is 38.3. The summed E-state index contributed by atoms with van der Waals surface area (Å²) in [7, 11) is 0. The molecule has 0 saturated heterocycles. The maximum absolute atomic E-state index is 12.2. The van der Waals surface area contributed by atoms with Gasteiger partial charge in [-0.25, -0.2) is 0 Å². The molecule has 1 heteroatoms. The van der Waals surface area contributed by atoms with Crippen LogP contribution in [0.5, 0.6) is 0 Å². The molecule has 3 aliphatic carbocycles. The lowest BCUT2D eigenvalue weighted by molar-refractivity contribution is 0.107. The zero-order valence-corrected chi connectivity index (χ0v) is 18.0. The molecule has 0 aromatic heterocycles. The van der Waals surface area contributed by atoms with E-state index >= 15 is 0 Å². The minimum absolute atomic E-state index is 0.199. The third-order valence-electron chi connectivity index (χ3n) is 8.51. The number of alkyl halides is 1. The molecule has 3 fully saturated rings. The Hall–Kier alpha value is -0.330. The summed E-state index contributed by atoms with van der Waals surface area (Å²) in [6.07, 6.45) is 27.2. The predicted molar refractivity (Wildman–Crippen MR) is 116 cm³/mol. The monoisotopic (exact) mass is 376 g/mol. The predicted octanol–water partition coefficient (Wildman–Crippen LogP) is 8.51. The first-order valence-corrected chi connectivity index (χ1v) is 12.5. The van der Waals surface area contributed by atoms with Crippen molar-refractivity contribution in [1.82, 2.24) is 0 Å². The van der Waals surface area contributed by atoms with Crippen molar-refractivity contribution in [3.63, 3.8) is 0 Å². The summed E-state index contributed by atoms with van der Waals surface area (Å²) in [6, 6.07) is 0. The number of allylic oxidation sites excluding steroid dienone is 2. The average Bonchev–Trinajstić information content (AvgIpc) is 2.73. The van der Waals surface area contributed by atoms with Gasteiger partial charge < -0.3 is 0 Å². The zero-order chi connectivity index (χ0) is 18.9. The van der Waals surface area contributed by atoms with Crippen molar-refractivity contribution < 1.29 is 4.39 Å². The Morgan fingerprint density at radius 3 is 1.67 bits per heavy atom. The molecule has 3 aliphatic rings. The van der Waals surface area contributed by atoms with Crippen LogP contribution in [0.2, 0.25) is 0 Å². The minimum atomic E-state index is -0.199. The van der Waals surface area contributed by atoms with E-state index in [9.17, 15) is 4.39 Å². The fourth-order valence-electron chi connectivity index (χ4n) is 6.69. The molecule has 0 aromatic rings. The molecule has 0 radical (unpaired) electrons. The second-order valence-electron chi connectivity index (χ2n) is 10.2. The topological polar surface area (TPSA) is 0 Å². The molecule has 0 N–H and O–H groups in total. The van der Waals surface area contributed by atoms with E-state index in [2.05, 4.69) is 19.1 Å². The average molecular weight is 377 g/mol. The van der Waals surface area contributed by atoms with E-state index in [1.165, 1.54) is 83.5 Å². The van der Waals surface area contributed by atoms with Crippen molar-refractivity contribution in [2.24, 2.45) is 35.5 Å². The molecule has 0 aromatic carbocycles. The highest BCUT2D eigenvalue weighted by molar-refractivity contribution is 4.93. The molecule has 27 heavy (non-hydrogen) atoms. The van der Waals surface area contributed by atoms with Gasteiger partial charge in [-0.05, 0) is 106 Å². The van der Waals surface area contributed by atoms with Gasteiger partial charge in [0.1, 0.15) is 0 Å². The molecule has 0 spiro atoms. The molecule has 3 saturated carbocycles. The van der Waals surface area contributed by atoms with Crippen molar-refractivity contribution in [3.8, 4) is 0 Å². The first kappa shape index (κ1) is 21.4. The Morgan fingerprint density at radius 2 is 1.19 bits per heavy atom. The summed E-state index contributed by atoms with van der Waals surface area (Å²) in [6.45, 7) is 2.13. The van der Waals surface area contributed by atoms with Crippen LogP contribution in [0.3, 0.4) is 0 Å². The maximum atomic E-state index is 12.2. The number of halogens is 1. The summed E-state index contributed by atoms with van der Waals surface area (Å²) in [5.41, 5.74) is 0. The van der Waals surface area contributed by atoms with Gasteiger partial charge in [-0.2, -0.15) is 0 Å². The Labute approximate surface area is 168 Å². The van der Waals surface area contributed by atoms with Crippen LogP contribution < -0.4 is 0 Å². The minimum Gasteiger partial charge on any atom is -0.251 e. The summed E-state index contributed by atoms with van der Waals surface area (Å²) in [4.78, 5) is 0. The Bertz CT molecular complexity index is 404. The van der Waals surface area contributed by atoms with Crippen LogP contribution in [0.4, 0.5) is 4.39 Å². The van der Waals surface area contributed by atoms with Gasteiger partial charge in [-0.1, -0.05) is 51.2 Å². The Balaban J connectivity index is 1.33. The molecular formula is C26H45F. The fraction of sp³-hybridized carbons (Fsp3) is 0.923. The van der Waals surface area contributed by atoms with E-state index in [0.29, 0.717) is 6.42 Å². The molecular weight excluding hydrogens is 331 g/mol. The second-order valence-corrected chi connectivity index (χ2v) is 10.2. The first-order chi connectivity index (χ1) is 13.3. The van der Waals surface area contributed by atoms with Crippen LogP contribution in [0, 0.1) is 35.5 Å². The van der Waals surface area contributed by atoms with Crippen molar-refractivity contribution >= 4 is 0 Å². The van der Waals surface area contributed by atoms with E-state index in [1.54, 1.807) is 12.8 Å². The second kappa shape index (κ2) is 11.6. The molecule has 0 nitrogen and oxygen atoms in total. The first-order valence-electron chi connectivity index (χ1n) is 12.5.